The van der Waals surface area contributed by atoms with Gasteiger partial charge in [0.15, 0.2) is 0 Å². The van der Waals surface area contributed by atoms with E-state index < -0.39 is 0 Å². The minimum atomic E-state index is 0.134. The molecule has 0 radical (unpaired) electrons. The summed E-state index contributed by atoms with van der Waals surface area (Å²) in [6.45, 7) is 3.51. The molecule has 0 unspecified atom stereocenters. The maximum absolute atomic E-state index is 8.92. The molecular formula is C6H8N2O. The van der Waals surface area contributed by atoms with Crippen LogP contribution in [0.3, 0.4) is 0 Å². The van der Waals surface area contributed by atoms with Gasteiger partial charge < -0.3 is 10.1 Å². The third-order valence-corrected chi connectivity index (χ3v) is 1.03. The first-order valence-electron chi connectivity index (χ1n) is 2.66. The first-order valence-corrected chi connectivity index (χ1v) is 2.66. The van der Waals surface area contributed by atoms with Gasteiger partial charge in [-0.2, -0.15) is 0 Å². The molecule has 0 amide bonds. The van der Waals surface area contributed by atoms with Crippen LogP contribution in [-0.4, -0.2) is 15.1 Å². The Labute approximate surface area is 53.1 Å². The zero-order valence-corrected chi connectivity index (χ0v) is 4.96. The van der Waals surface area contributed by atoms with Crippen LogP contribution in [0.25, 0.3) is 0 Å². The second-order valence-electron chi connectivity index (χ2n) is 1.69. The molecule has 0 aromatic carbocycles. The molecule has 1 aromatic heterocycles. The van der Waals surface area contributed by atoms with E-state index in [2.05, 4.69) is 16.5 Å². The molecule has 1 aromatic rings. The Morgan fingerprint density at radius 3 is 3.11 bits per heavy atom. The average Bonchev–Trinajstić information content (AvgIpc) is 2.18. The number of nitrogens with one attached hydrogen (secondary N) is 1. The zero-order valence-electron chi connectivity index (χ0n) is 4.96. The van der Waals surface area contributed by atoms with Gasteiger partial charge in [-0.3, -0.25) is 0 Å². The predicted molar refractivity (Wildman–Crippen MR) is 34.2 cm³/mol. The fourth-order valence-electron chi connectivity index (χ4n) is 0.602. The molecule has 0 aliphatic rings. The predicted octanol–water partition coefficient (Wildman–Crippen LogP) is 0.844. The van der Waals surface area contributed by atoms with E-state index in [1.807, 2.05) is 0 Å². The van der Waals surface area contributed by atoms with Crippen LogP contribution >= 0.6 is 0 Å². The van der Waals surface area contributed by atoms with Crippen molar-refractivity contribution < 1.29 is 5.11 Å². The van der Waals surface area contributed by atoms with E-state index in [4.69, 9.17) is 5.11 Å². The molecule has 0 saturated carbocycles. The lowest BCUT2D eigenvalue weighted by Gasteiger charge is -1.86. The Bertz CT molecular complexity index is 205. The van der Waals surface area contributed by atoms with Gasteiger partial charge in [0.2, 0.25) is 5.88 Å². The minimum Gasteiger partial charge on any atom is -0.493 e. The van der Waals surface area contributed by atoms with Crippen LogP contribution in [0.1, 0.15) is 5.69 Å². The minimum absolute atomic E-state index is 0.134. The fourth-order valence-corrected chi connectivity index (χ4v) is 0.602. The molecule has 3 heteroatoms. The number of rotatable bonds is 2. The van der Waals surface area contributed by atoms with E-state index in [9.17, 15) is 0 Å². The van der Waals surface area contributed by atoms with Crippen LogP contribution in [0.4, 0.5) is 0 Å². The highest BCUT2D eigenvalue weighted by molar-refractivity contribution is 5.17. The number of imidazole rings is 1. The van der Waals surface area contributed by atoms with E-state index >= 15 is 0 Å². The third kappa shape index (κ3) is 1.10. The molecule has 2 N–H and O–H groups in total. The molecule has 48 valence electrons. The highest BCUT2D eigenvalue weighted by Crippen LogP contribution is 2.09. The van der Waals surface area contributed by atoms with Crippen LogP contribution in [0.2, 0.25) is 0 Å². The van der Waals surface area contributed by atoms with Gasteiger partial charge in [-0.25, -0.2) is 4.98 Å². The molecule has 1 heterocycles. The van der Waals surface area contributed by atoms with Crippen molar-refractivity contribution in [3.05, 3.63) is 24.7 Å². The maximum Gasteiger partial charge on any atom is 0.212 e. The van der Waals surface area contributed by atoms with Crippen molar-refractivity contribution >= 4 is 0 Å². The van der Waals surface area contributed by atoms with Gasteiger partial charge in [0.25, 0.3) is 0 Å². The lowest BCUT2D eigenvalue weighted by Crippen LogP contribution is -1.78. The number of aromatic nitrogens is 2. The SMILES string of the molecule is C=CCc1nc[nH]c1O. The monoisotopic (exact) mass is 124 g/mol. The molecule has 0 saturated heterocycles. The smallest absolute Gasteiger partial charge is 0.212 e. The molecular weight excluding hydrogens is 116 g/mol. The van der Waals surface area contributed by atoms with E-state index in [0.717, 1.165) is 0 Å². The Morgan fingerprint density at radius 1 is 1.89 bits per heavy atom. The van der Waals surface area contributed by atoms with Crippen LogP contribution in [-0.2, 0) is 6.42 Å². The Hall–Kier alpha value is -1.25. The van der Waals surface area contributed by atoms with Gasteiger partial charge >= 0.3 is 0 Å². The first kappa shape index (κ1) is 5.88. The van der Waals surface area contributed by atoms with Crippen molar-refractivity contribution in [2.45, 2.75) is 6.42 Å². The number of hydrogen-bond donors (Lipinski definition) is 2. The van der Waals surface area contributed by atoms with Gasteiger partial charge in [0.1, 0.15) is 5.69 Å². The average molecular weight is 124 g/mol. The summed E-state index contributed by atoms with van der Waals surface area (Å²) in [7, 11) is 0. The lowest BCUT2D eigenvalue weighted by atomic mass is 10.3. The first-order chi connectivity index (χ1) is 4.34. The van der Waals surface area contributed by atoms with Crippen LogP contribution < -0.4 is 0 Å². The summed E-state index contributed by atoms with van der Waals surface area (Å²) in [5.41, 5.74) is 0.644. The number of aromatic amines is 1. The second kappa shape index (κ2) is 2.35. The van der Waals surface area contributed by atoms with Gasteiger partial charge in [-0.05, 0) is 0 Å². The van der Waals surface area contributed by atoms with Crippen molar-refractivity contribution in [3.63, 3.8) is 0 Å². The van der Waals surface area contributed by atoms with E-state index in [-0.39, 0.29) is 5.88 Å². The van der Waals surface area contributed by atoms with Crippen molar-refractivity contribution in [1.29, 1.82) is 0 Å². The number of H-pyrrole nitrogens is 1. The summed E-state index contributed by atoms with van der Waals surface area (Å²) in [4.78, 5) is 6.38. The summed E-state index contributed by atoms with van der Waals surface area (Å²) in [5.74, 6) is 0.134. The van der Waals surface area contributed by atoms with Gasteiger partial charge in [-0.15, -0.1) is 6.58 Å². The molecule has 0 fully saturated rings. The van der Waals surface area contributed by atoms with E-state index in [0.29, 0.717) is 12.1 Å². The molecule has 0 atom stereocenters. The van der Waals surface area contributed by atoms with Crippen LogP contribution in [0.15, 0.2) is 19.0 Å². The van der Waals surface area contributed by atoms with Crippen molar-refractivity contribution in [1.82, 2.24) is 9.97 Å². The maximum atomic E-state index is 8.92. The Morgan fingerprint density at radius 2 is 2.67 bits per heavy atom. The summed E-state index contributed by atoms with van der Waals surface area (Å²) in [6, 6.07) is 0. The van der Waals surface area contributed by atoms with Crippen LogP contribution in [0, 0.1) is 0 Å². The topological polar surface area (TPSA) is 48.9 Å². The molecule has 0 aliphatic heterocycles. The van der Waals surface area contributed by atoms with Gasteiger partial charge in [0, 0.05) is 6.42 Å². The van der Waals surface area contributed by atoms with Gasteiger partial charge in [-0.1, -0.05) is 6.08 Å². The van der Waals surface area contributed by atoms with E-state index in [1.165, 1.54) is 6.33 Å². The Kier molecular flexibility index (Phi) is 1.53. The standard InChI is InChI=1S/C6H8N2O/c1-2-3-5-6(9)8-4-7-5/h2,4,9H,1,3H2,(H,7,8). The summed E-state index contributed by atoms with van der Waals surface area (Å²) >= 11 is 0. The van der Waals surface area contributed by atoms with E-state index in [1.54, 1.807) is 6.08 Å². The zero-order chi connectivity index (χ0) is 6.69. The molecule has 0 spiro atoms. The number of aromatic hydroxyl groups is 1. The quantitative estimate of drug-likeness (QED) is 0.574. The third-order valence-electron chi connectivity index (χ3n) is 1.03. The summed E-state index contributed by atoms with van der Waals surface area (Å²) in [6.07, 6.45) is 3.75. The molecule has 0 aliphatic carbocycles. The van der Waals surface area contributed by atoms with Crippen molar-refractivity contribution in [2.24, 2.45) is 0 Å². The normalized spacial score (nSPS) is 9.33. The number of hydrogen-bond acceptors (Lipinski definition) is 2. The highest BCUT2D eigenvalue weighted by Gasteiger charge is 1.98. The summed E-state index contributed by atoms with van der Waals surface area (Å²) < 4.78 is 0. The highest BCUT2D eigenvalue weighted by atomic mass is 16.3. The molecule has 0 bridgehead atoms. The lowest BCUT2D eigenvalue weighted by molar-refractivity contribution is 0.451. The number of nitrogens with zero attached hydrogens (tertiary/aromatic N) is 1. The largest absolute Gasteiger partial charge is 0.493 e. The molecule has 3 nitrogen and oxygen atoms in total. The van der Waals surface area contributed by atoms with Crippen molar-refractivity contribution in [2.75, 3.05) is 0 Å². The second-order valence-corrected chi connectivity index (χ2v) is 1.69. The fraction of sp³-hybridized carbons (Fsp3) is 0.167. The van der Waals surface area contributed by atoms with Crippen LogP contribution in [0.5, 0.6) is 5.88 Å². The molecule has 1 rings (SSSR count). The molecule has 9 heavy (non-hydrogen) atoms. The number of allylic oxidation sites excluding steroid dienone is 1. The van der Waals surface area contributed by atoms with Gasteiger partial charge in [0.05, 0.1) is 6.33 Å². The van der Waals surface area contributed by atoms with Crippen molar-refractivity contribution in [3.8, 4) is 5.88 Å². The Balaban J connectivity index is 2.80. The summed E-state index contributed by atoms with van der Waals surface area (Å²) in [5, 5.41) is 8.92.